The van der Waals surface area contributed by atoms with Crippen molar-refractivity contribution in [2.24, 2.45) is 0 Å². The first-order valence-corrected chi connectivity index (χ1v) is 6.36. The Morgan fingerprint density at radius 3 is 2.89 bits per heavy atom. The second kappa shape index (κ2) is 4.20. The van der Waals surface area contributed by atoms with Gasteiger partial charge in [0.25, 0.3) is 11.3 Å². The van der Waals surface area contributed by atoms with Crippen molar-refractivity contribution in [3.05, 3.63) is 44.8 Å². The highest BCUT2D eigenvalue weighted by molar-refractivity contribution is 9.10. The Bertz CT molecular complexity index is 836. The summed E-state index contributed by atoms with van der Waals surface area (Å²) in [5.74, 6) is 0.841. The van der Waals surface area contributed by atoms with Gasteiger partial charge in [0.2, 0.25) is 0 Å². The molecule has 0 radical (unpaired) electrons. The second-order valence-electron chi connectivity index (χ2n) is 4.17. The molecule has 2 heterocycles. The van der Waals surface area contributed by atoms with Crippen LogP contribution in [0, 0.1) is 6.92 Å². The summed E-state index contributed by atoms with van der Waals surface area (Å²) in [6.07, 6.45) is 0. The smallest absolute Gasteiger partial charge is 0.274 e. The third kappa shape index (κ3) is 2.01. The summed E-state index contributed by atoms with van der Waals surface area (Å²) in [7, 11) is 0. The van der Waals surface area contributed by atoms with Crippen molar-refractivity contribution in [2.75, 3.05) is 5.73 Å². The van der Waals surface area contributed by atoms with Crippen LogP contribution in [0.3, 0.4) is 0 Å². The van der Waals surface area contributed by atoms with Crippen molar-refractivity contribution in [3.63, 3.8) is 0 Å². The average molecular weight is 320 g/mol. The maximum absolute atomic E-state index is 11.8. The normalized spacial score (nSPS) is 11.1. The molecular formula is C12H10BrN5O. The molecule has 0 aliphatic rings. The minimum atomic E-state index is -0.199. The van der Waals surface area contributed by atoms with Gasteiger partial charge in [0.15, 0.2) is 5.82 Å². The number of aromatic amines is 1. The number of rotatable bonds is 1. The molecule has 0 aliphatic heterocycles. The minimum Gasteiger partial charge on any atom is -0.398 e. The van der Waals surface area contributed by atoms with Gasteiger partial charge in [-0.2, -0.15) is 9.50 Å². The van der Waals surface area contributed by atoms with Gasteiger partial charge in [-0.25, -0.2) is 4.98 Å². The topological polar surface area (TPSA) is 89.1 Å². The van der Waals surface area contributed by atoms with Crippen molar-refractivity contribution in [1.29, 1.82) is 0 Å². The second-order valence-corrected chi connectivity index (χ2v) is 5.09. The number of nitrogens with one attached hydrogen (secondary N) is 1. The first-order valence-electron chi connectivity index (χ1n) is 5.56. The summed E-state index contributed by atoms with van der Waals surface area (Å²) < 4.78 is 2.18. The Morgan fingerprint density at radius 2 is 2.11 bits per heavy atom. The van der Waals surface area contributed by atoms with Crippen LogP contribution in [0.25, 0.3) is 17.2 Å². The van der Waals surface area contributed by atoms with E-state index in [1.165, 1.54) is 10.6 Å². The Morgan fingerprint density at radius 1 is 1.32 bits per heavy atom. The molecule has 0 spiro atoms. The number of benzene rings is 1. The molecule has 3 rings (SSSR count). The zero-order valence-corrected chi connectivity index (χ0v) is 11.6. The van der Waals surface area contributed by atoms with Crippen molar-refractivity contribution in [1.82, 2.24) is 19.6 Å². The number of halogens is 1. The molecule has 19 heavy (non-hydrogen) atoms. The van der Waals surface area contributed by atoms with Gasteiger partial charge in [-0.15, -0.1) is 0 Å². The number of fused-ring (bicyclic) bond motifs is 1. The SMILES string of the molecule is Cc1cc(=O)n2[nH]c(-c3cc(Br)ccc3N)nc2n1. The molecular weight excluding hydrogens is 310 g/mol. The van der Waals surface area contributed by atoms with Crippen LogP contribution >= 0.6 is 15.9 Å². The van der Waals surface area contributed by atoms with Gasteiger partial charge in [-0.05, 0) is 25.1 Å². The summed E-state index contributed by atoms with van der Waals surface area (Å²) >= 11 is 3.38. The highest BCUT2D eigenvalue weighted by Crippen LogP contribution is 2.26. The molecule has 7 heteroatoms. The maximum atomic E-state index is 11.8. The lowest BCUT2D eigenvalue weighted by Crippen LogP contribution is -2.14. The van der Waals surface area contributed by atoms with E-state index in [1.807, 2.05) is 12.1 Å². The highest BCUT2D eigenvalue weighted by Gasteiger charge is 2.11. The van der Waals surface area contributed by atoms with E-state index in [0.29, 0.717) is 23.0 Å². The van der Waals surface area contributed by atoms with E-state index in [2.05, 4.69) is 31.0 Å². The molecule has 1 aromatic carbocycles. The van der Waals surface area contributed by atoms with E-state index >= 15 is 0 Å². The number of hydrogen-bond donors (Lipinski definition) is 2. The zero-order chi connectivity index (χ0) is 13.6. The van der Waals surface area contributed by atoms with Crippen LogP contribution in [-0.2, 0) is 0 Å². The van der Waals surface area contributed by atoms with E-state index in [-0.39, 0.29) is 5.56 Å². The quantitative estimate of drug-likeness (QED) is 0.668. The van der Waals surface area contributed by atoms with Crippen LogP contribution < -0.4 is 11.3 Å². The Kier molecular flexibility index (Phi) is 2.63. The standard InChI is InChI=1S/C12H10BrN5O/c1-6-4-10(19)18-12(15-6)16-11(17-18)8-5-7(13)2-3-9(8)14/h2-5H,14H2,1H3,(H,15,16,17). The van der Waals surface area contributed by atoms with E-state index in [1.54, 1.807) is 13.0 Å². The third-order valence-corrected chi connectivity index (χ3v) is 3.22. The minimum absolute atomic E-state index is 0.199. The Labute approximate surface area is 116 Å². The van der Waals surface area contributed by atoms with Gasteiger partial charge in [0.1, 0.15) is 0 Å². The van der Waals surface area contributed by atoms with E-state index in [9.17, 15) is 4.79 Å². The Hall–Kier alpha value is -2.15. The number of nitrogens with zero attached hydrogens (tertiary/aromatic N) is 3. The first kappa shape index (κ1) is 11.9. The van der Waals surface area contributed by atoms with Crippen LogP contribution in [0.1, 0.15) is 5.69 Å². The number of aryl methyl sites for hydroxylation is 1. The average Bonchev–Trinajstić information content (AvgIpc) is 2.76. The molecule has 0 amide bonds. The van der Waals surface area contributed by atoms with Gasteiger partial charge in [-0.3, -0.25) is 9.89 Å². The lowest BCUT2D eigenvalue weighted by Gasteiger charge is -2.01. The highest BCUT2D eigenvalue weighted by atomic mass is 79.9. The van der Waals surface area contributed by atoms with Crippen LogP contribution in [0.4, 0.5) is 5.69 Å². The molecule has 0 unspecified atom stereocenters. The fraction of sp³-hybridized carbons (Fsp3) is 0.0833. The molecule has 0 saturated heterocycles. The lowest BCUT2D eigenvalue weighted by molar-refractivity contribution is 0.892. The predicted molar refractivity (Wildman–Crippen MR) is 75.9 cm³/mol. The maximum Gasteiger partial charge on any atom is 0.274 e. The van der Waals surface area contributed by atoms with E-state index < -0.39 is 0 Å². The van der Waals surface area contributed by atoms with Crippen molar-refractivity contribution < 1.29 is 0 Å². The molecule has 0 atom stereocenters. The molecule has 0 aliphatic carbocycles. The van der Waals surface area contributed by atoms with Crippen LogP contribution in [-0.4, -0.2) is 19.6 Å². The predicted octanol–water partition coefficient (Wildman–Crippen LogP) is 1.74. The van der Waals surface area contributed by atoms with Crippen molar-refractivity contribution >= 4 is 27.4 Å². The molecule has 96 valence electrons. The first-order chi connectivity index (χ1) is 9.04. The largest absolute Gasteiger partial charge is 0.398 e. The molecule has 0 bridgehead atoms. The van der Waals surface area contributed by atoms with Gasteiger partial charge < -0.3 is 5.73 Å². The number of aromatic nitrogens is 4. The molecule has 3 N–H and O–H groups in total. The summed E-state index contributed by atoms with van der Waals surface area (Å²) in [5.41, 5.74) is 7.65. The van der Waals surface area contributed by atoms with Gasteiger partial charge in [-0.1, -0.05) is 15.9 Å². The number of nitrogen functional groups attached to an aromatic ring is 1. The van der Waals surface area contributed by atoms with E-state index in [0.717, 1.165) is 10.0 Å². The molecule has 0 fully saturated rings. The van der Waals surface area contributed by atoms with Crippen LogP contribution in [0.15, 0.2) is 33.5 Å². The van der Waals surface area contributed by atoms with Crippen LogP contribution in [0.2, 0.25) is 0 Å². The number of H-pyrrole nitrogens is 1. The summed E-state index contributed by atoms with van der Waals surface area (Å²) in [6.45, 7) is 1.75. The monoisotopic (exact) mass is 319 g/mol. The molecule has 0 saturated carbocycles. The van der Waals surface area contributed by atoms with Gasteiger partial charge >= 0.3 is 0 Å². The van der Waals surface area contributed by atoms with Gasteiger partial charge in [0.05, 0.1) is 0 Å². The lowest BCUT2D eigenvalue weighted by atomic mass is 10.2. The number of nitrogens with two attached hydrogens (primary N) is 1. The fourth-order valence-corrected chi connectivity index (χ4v) is 2.21. The summed E-state index contributed by atoms with van der Waals surface area (Å²) in [5, 5.41) is 2.91. The molecule has 3 aromatic rings. The molecule has 2 aromatic heterocycles. The zero-order valence-electron chi connectivity index (χ0n) is 10.0. The van der Waals surface area contributed by atoms with Crippen molar-refractivity contribution in [3.8, 4) is 11.4 Å². The Balaban J connectivity index is 2.29. The summed E-state index contributed by atoms with van der Waals surface area (Å²) in [6, 6.07) is 6.90. The van der Waals surface area contributed by atoms with Gasteiger partial charge in [0, 0.05) is 27.5 Å². The number of hydrogen-bond acceptors (Lipinski definition) is 4. The summed E-state index contributed by atoms with van der Waals surface area (Å²) in [4.78, 5) is 20.3. The number of anilines is 1. The van der Waals surface area contributed by atoms with Crippen LogP contribution in [0.5, 0.6) is 0 Å². The third-order valence-electron chi connectivity index (χ3n) is 2.73. The van der Waals surface area contributed by atoms with E-state index in [4.69, 9.17) is 5.73 Å². The fourth-order valence-electron chi connectivity index (χ4n) is 1.85. The molecule has 6 nitrogen and oxygen atoms in total. The van der Waals surface area contributed by atoms with Crippen molar-refractivity contribution in [2.45, 2.75) is 6.92 Å².